The summed E-state index contributed by atoms with van der Waals surface area (Å²) in [5, 5.41) is 8.38. The Morgan fingerprint density at radius 1 is 1.60 bits per heavy atom. The quantitative estimate of drug-likeness (QED) is 0.197. The first-order valence-corrected chi connectivity index (χ1v) is 0.408. The predicted molar refractivity (Wildman–Crippen MR) is 18.8 cm³/mol. The van der Waals surface area contributed by atoms with Gasteiger partial charge in [0, 0.05) is 5.34 Å². The topological polar surface area (TPSA) is 54.1 Å². The Hall–Kier alpha value is 0.120. The maximum atomic E-state index is 8.12. The molecule has 0 radical (unpaired) electrons. The molecule has 1 unspecified atom stereocenters. The molecule has 0 spiro atoms. The van der Waals surface area contributed by atoms with Gasteiger partial charge in [-0.1, -0.05) is 0 Å². The van der Waals surface area contributed by atoms with Gasteiger partial charge in [-0.15, -0.1) is 0 Å². The number of hydrogen-bond acceptors (Lipinski definition) is 2. The lowest BCUT2D eigenvalue weighted by Gasteiger charge is -1.36. The molecule has 34 valence electrons. The minimum absolute atomic E-state index is 0. The molecule has 0 aromatic rings. The second-order valence-corrected chi connectivity index (χ2v) is 0.0833. The van der Waals surface area contributed by atoms with Crippen molar-refractivity contribution in [3.63, 3.8) is 0 Å². The van der Waals surface area contributed by atoms with E-state index in [2.05, 4.69) is 0 Å². The normalized spacial score (nSPS) is 2.40. The van der Waals surface area contributed by atoms with Gasteiger partial charge >= 0.3 is 0 Å². The molecule has 0 rings (SSSR count). The third-order valence-electron chi connectivity index (χ3n) is 0. The highest BCUT2D eigenvalue weighted by Crippen LogP contribution is 0.861. The first-order chi connectivity index (χ1) is 1.41. The van der Waals surface area contributed by atoms with Crippen molar-refractivity contribution in [2.45, 2.75) is 0 Å². The summed E-state index contributed by atoms with van der Waals surface area (Å²) in [5.41, 5.74) is 0. The molecule has 1 N–H and O–H groups in total. The Balaban J connectivity index is -0.0000000200. The van der Waals surface area contributed by atoms with Crippen LogP contribution in [0.5, 0.6) is 0 Å². The van der Waals surface area contributed by atoms with Gasteiger partial charge in [0.2, 0.25) is 0 Å². The highest BCUT2D eigenvalue weighted by Gasteiger charge is 1.10. The number of nitrogens with one attached hydrogen (secondary N) is 1. The van der Waals surface area contributed by atoms with Gasteiger partial charge in [-0.2, -0.15) is 9.90 Å². The summed E-state index contributed by atoms with van der Waals surface area (Å²) < 4.78 is 0. The molecular weight excluding hydrogens is 112 g/mol. The molecule has 0 amide bonds. The van der Waals surface area contributed by atoms with Crippen LogP contribution in [0.25, 0.3) is 0 Å². The van der Waals surface area contributed by atoms with Gasteiger partial charge in [0.25, 0.3) is 0 Å². The second-order valence-electron chi connectivity index (χ2n) is 0.0833. The molecule has 3 nitrogen and oxygen atoms in total. The smallest absolute Gasteiger partial charge is 0.00366 e. The summed E-state index contributed by atoms with van der Waals surface area (Å²) in [7, 11) is 0. The first-order valence-electron chi connectivity index (χ1n) is 0.408. The molecule has 0 bridgehead atoms. The molecule has 0 saturated heterocycles. The number of hydrogen-bond donors (Lipinski definition) is 1. The monoisotopic (exact) mass is 116 g/mol. The van der Waals surface area contributed by atoms with Gasteiger partial charge < -0.3 is 12.4 Å². The van der Waals surface area contributed by atoms with Crippen molar-refractivity contribution < 1.29 is 17.7 Å². The van der Waals surface area contributed by atoms with Crippen molar-refractivity contribution in [3.05, 3.63) is 10.1 Å². The minimum Gasteiger partial charge on any atom is -1.00 e. The van der Waals surface area contributed by atoms with Gasteiger partial charge in [-0.05, 0) is 0 Å². The second kappa shape index (κ2) is 32.0. The van der Waals surface area contributed by atoms with Crippen LogP contribution in [-0.4, -0.2) is 0 Å². The molecule has 0 fully saturated rings. The van der Waals surface area contributed by atoms with Gasteiger partial charge in [0.15, 0.2) is 0 Å². The molecule has 0 aromatic heterocycles. The Labute approximate surface area is 38.7 Å². The van der Waals surface area contributed by atoms with E-state index in [9.17, 15) is 0 Å². The van der Waals surface area contributed by atoms with Gasteiger partial charge in [0.05, 0.1) is 0 Å². The predicted octanol–water partition coefficient (Wildman–Crippen LogP) is -4.61. The first kappa shape index (κ1) is 19.3. The Morgan fingerprint density at radius 2 is 1.60 bits per heavy atom. The molecule has 0 aromatic carbocycles. The lowest BCUT2D eigenvalue weighted by atomic mass is 13.4. The highest BCUT2D eigenvalue weighted by molar-refractivity contribution is 6.92. The minimum atomic E-state index is 0. The lowest BCUT2D eigenvalue weighted by Crippen LogP contribution is -3.00. The summed E-state index contributed by atoms with van der Waals surface area (Å²) in [6.45, 7) is 0. The molecule has 0 aliphatic carbocycles. The van der Waals surface area contributed by atoms with Crippen molar-refractivity contribution in [3.8, 4) is 0 Å². The summed E-state index contributed by atoms with van der Waals surface area (Å²) in [6, 6.07) is 0. The van der Waals surface area contributed by atoms with Crippen LogP contribution in [0.2, 0.25) is 0 Å². The SMILES string of the molecule is O=[NH+][O-].P.[Cl-]. The fourth-order valence-electron chi connectivity index (χ4n) is 0. The third kappa shape index (κ3) is 1290. The van der Waals surface area contributed by atoms with Crippen LogP contribution in [0.15, 0.2) is 0 Å². The van der Waals surface area contributed by atoms with Gasteiger partial charge in [0.1, 0.15) is 0 Å². The van der Waals surface area contributed by atoms with Crippen LogP contribution < -0.4 is 17.7 Å². The van der Waals surface area contributed by atoms with Gasteiger partial charge in [-0.25, -0.2) is 0 Å². The Bertz CT molecular complexity index is 17.1. The van der Waals surface area contributed by atoms with E-state index in [0.29, 0.717) is 0 Å². The van der Waals surface area contributed by atoms with E-state index in [1.807, 2.05) is 0 Å². The van der Waals surface area contributed by atoms with Crippen molar-refractivity contribution in [2.24, 2.45) is 0 Å². The maximum absolute atomic E-state index is 8.12. The van der Waals surface area contributed by atoms with E-state index in [4.69, 9.17) is 10.1 Å². The van der Waals surface area contributed by atoms with Crippen LogP contribution in [0.4, 0.5) is 0 Å². The third-order valence-corrected chi connectivity index (χ3v) is 0. The number of halogens is 1. The van der Waals surface area contributed by atoms with Crippen molar-refractivity contribution in [1.29, 1.82) is 0 Å². The van der Waals surface area contributed by atoms with Crippen LogP contribution >= 0.6 is 9.90 Å². The summed E-state index contributed by atoms with van der Waals surface area (Å²) >= 11 is 0. The molecule has 0 saturated carbocycles. The zero-order valence-electron chi connectivity index (χ0n) is 2.40. The molecule has 0 heterocycles. The average Bonchev–Trinajstić information content (AvgIpc) is 0.918. The molecule has 0 aliphatic heterocycles. The van der Waals surface area contributed by atoms with Gasteiger partial charge in [-0.3, -0.25) is 10.1 Å². The van der Waals surface area contributed by atoms with E-state index in [0.717, 1.165) is 0 Å². The standard InChI is InChI=1S/ClH.HNO2.H3P/c;2-1-3;/h1H;1H;1H3/p-1. The molecule has 5 heavy (non-hydrogen) atoms. The van der Waals surface area contributed by atoms with E-state index >= 15 is 0 Å². The average molecular weight is 116 g/mol. The highest BCUT2D eigenvalue weighted by atomic mass is 35.5. The van der Waals surface area contributed by atoms with Crippen LogP contribution in [-0.2, 0) is 0 Å². The summed E-state index contributed by atoms with van der Waals surface area (Å²) in [6.07, 6.45) is 0. The summed E-state index contributed by atoms with van der Waals surface area (Å²) in [4.78, 5) is 8.12. The van der Waals surface area contributed by atoms with Crippen LogP contribution in [0.1, 0.15) is 0 Å². The Kier molecular flexibility index (Phi) is 124. The Morgan fingerprint density at radius 3 is 1.60 bits per heavy atom. The van der Waals surface area contributed by atoms with Crippen molar-refractivity contribution in [2.75, 3.05) is 0 Å². The van der Waals surface area contributed by atoms with Crippen LogP contribution in [0.3, 0.4) is 0 Å². The summed E-state index contributed by atoms with van der Waals surface area (Å²) in [5.74, 6) is 0. The van der Waals surface area contributed by atoms with E-state index < -0.39 is 0 Å². The van der Waals surface area contributed by atoms with Crippen molar-refractivity contribution >= 4 is 9.90 Å². The molecule has 5 heteroatoms. The van der Waals surface area contributed by atoms with E-state index in [-0.39, 0.29) is 27.6 Å². The fraction of sp³-hybridized carbons (Fsp3) is 0. The maximum Gasteiger partial charge on any atom is 0.00366 e. The van der Waals surface area contributed by atoms with E-state index in [1.54, 1.807) is 0 Å². The lowest BCUT2D eigenvalue weighted by molar-refractivity contribution is -0.398. The molecular formula is H4ClNO2P-. The zero-order valence-corrected chi connectivity index (χ0v) is 4.57. The largest absolute Gasteiger partial charge is 1.00 e. The van der Waals surface area contributed by atoms with Crippen molar-refractivity contribution in [1.82, 2.24) is 0 Å². The van der Waals surface area contributed by atoms with E-state index in [1.165, 1.54) is 0 Å². The molecule has 1 atom stereocenters. The van der Waals surface area contributed by atoms with Crippen LogP contribution in [0, 0.1) is 10.1 Å². The zero-order chi connectivity index (χ0) is 2.71. The number of rotatable bonds is 0. The fourth-order valence-corrected chi connectivity index (χ4v) is 0. The molecule has 0 aliphatic rings.